The van der Waals surface area contributed by atoms with E-state index in [2.05, 4.69) is 45.2 Å². The van der Waals surface area contributed by atoms with Crippen molar-refractivity contribution in [2.45, 2.75) is 18.8 Å². The summed E-state index contributed by atoms with van der Waals surface area (Å²) < 4.78 is 7.43. The predicted octanol–water partition coefficient (Wildman–Crippen LogP) is 3.32. The molecule has 23 heavy (non-hydrogen) atoms. The average Bonchev–Trinajstić information content (AvgIpc) is 2.81. The lowest BCUT2D eigenvalue weighted by atomic mass is 9.92. The normalized spacial score (nSPS) is 27.0. The lowest BCUT2D eigenvalue weighted by Crippen LogP contribution is -2.44. The van der Waals surface area contributed by atoms with Crippen LogP contribution in [0.1, 0.15) is 18.1 Å². The van der Waals surface area contributed by atoms with Crippen LogP contribution in [-0.2, 0) is 15.3 Å². The van der Waals surface area contributed by atoms with Crippen LogP contribution < -0.4 is 5.32 Å². The Morgan fingerprint density at radius 1 is 1.26 bits per heavy atom. The number of nitrogens with one attached hydrogen (secondary N) is 1. The number of benzene rings is 2. The van der Waals surface area contributed by atoms with Gasteiger partial charge in [-0.25, -0.2) is 0 Å². The molecule has 2 aliphatic rings. The Morgan fingerprint density at radius 2 is 2.04 bits per heavy atom. The van der Waals surface area contributed by atoms with Gasteiger partial charge in [0.2, 0.25) is 5.91 Å². The molecule has 0 saturated carbocycles. The van der Waals surface area contributed by atoms with Gasteiger partial charge in [0.1, 0.15) is 0 Å². The van der Waals surface area contributed by atoms with Gasteiger partial charge in [0.05, 0.1) is 12.6 Å². The van der Waals surface area contributed by atoms with E-state index in [4.69, 9.17) is 4.74 Å². The van der Waals surface area contributed by atoms with Gasteiger partial charge >= 0.3 is 0 Å². The molecule has 4 nitrogen and oxygen atoms in total. The van der Waals surface area contributed by atoms with E-state index in [0.29, 0.717) is 13.1 Å². The number of amides is 1. The van der Waals surface area contributed by atoms with Crippen LogP contribution in [0.3, 0.4) is 0 Å². The molecule has 1 N–H and O–H groups in total. The van der Waals surface area contributed by atoms with Gasteiger partial charge in [-0.1, -0.05) is 46.3 Å². The van der Waals surface area contributed by atoms with E-state index in [1.165, 1.54) is 0 Å². The van der Waals surface area contributed by atoms with Gasteiger partial charge in [0.15, 0.2) is 5.72 Å². The lowest BCUT2D eigenvalue weighted by molar-refractivity contribution is -0.121. The highest BCUT2D eigenvalue weighted by molar-refractivity contribution is 9.10. The van der Waals surface area contributed by atoms with E-state index in [1.807, 2.05) is 36.4 Å². The molecule has 1 amide bonds. The highest BCUT2D eigenvalue weighted by Crippen LogP contribution is 2.47. The molecule has 118 valence electrons. The molecule has 1 saturated heterocycles. The minimum Gasteiger partial charge on any atom is -0.347 e. The Labute approximate surface area is 143 Å². The zero-order valence-electron chi connectivity index (χ0n) is 12.8. The number of hydrogen-bond acceptors (Lipinski definition) is 3. The van der Waals surface area contributed by atoms with Gasteiger partial charge in [-0.2, -0.15) is 0 Å². The molecule has 1 fully saturated rings. The van der Waals surface area contributed by atoms with E-state index in [-0.39, 0.29) is 12.0 Å². The summed E-state index contributed by atoms with van der Waals surface area (Å²) in [4.78, 5) is 14.5. The second-order valence-electron chi connectivity index (χ2n) is 6.06. The Bertz CT molecular complexity index is 765. The summed E-state index contributed by atoms with van der Waals surface area (Å²) in [6.45, 7) is 3.08. The van der Waals surface area contributed by atoms with Crippen LogP contribution in [0, 0.1) is 0 Å². The number of fused-ring (bicyclic) bond motifs is 3. The fourth-order valence-corrected chi connectivity index (χ4v) is 3.95. The van der Waals surface area contributed by atoms with E-state index in [1.54, 1.807) is 0 Å². The monoisotopic (exact) mass is 372 g/mol. The molecule has 4 rings (SSSR count). The maximum Gasteiger partial charge on any atom is 0.238 e. The maximum absolute atomic E-state index is 12.3. The van der Waals surface area contributed by atoms with Gasteiger partial charge in [0.25, 0.3) is 0 Å². The zero-order chi connectivity index (χ0) is 16.0. The number of ether oxygens (including phenoxy) is 1. The van der Waals surface area contributed by atoms with E-state index < -0.39 is 5.72 Å². The van der Waals surface area contributed by atoms with Crippen molar-refractivity contribution in [3.05, 3.63) is 64.1 Å². The molecule has 2 atom stereocenters. The molecule has 0 aliphatic carbocycles. The van der Waals surface area contributed by atoms with Crippen LogP contribution in [-0.4, -0.2) is 30.0 Å². The fraction of sp³-hybridized carbons (Fsp3) is 0.278. The number of rotatable bonds is 1. The standard InChI is InChI=1S/C18H17BrN2O2/c1-12-10-21-11-17(22)20-16-8-7-14(19)9-15(16)18(21,23-12)13-5-3-2-4-6-13/h2-9,12H,10-11H2,1H3,(H,20,22). The average molecular weight is 373 g/mol. The minimum atomic E-state index is -0.737. The van der Waals surface area contributed by atoms with E-state index >= 15 is 0 Å². The molecule has 0 radical (unpaired) electrons. The van der Waals surface area contributed by atoms with Gasteiger partial charge in [-0.05, 0) is 25.1 Å². The molecule has 5 heteroatoms. The van der Waals surface area contributed by atoms with Crippen molar-refractivity contribution in [3.63, 3.8) is 0 Å². The van der Waals surface area contributed by atoms with Crippen LogP contribution in [0.5, 0.6) is 0 Å². The Balaban J connectivity index is 2.02. The SMILES string of the molecule is CC1CN2CC(=O)Nc3ccc(Br)cc3C2(c2ccccc2)O1. The largest absolute Gasteiger partial charge is 0.347 e. The molecule has 0 spiro atoms. The van der Waals surface area contributed by atoms with Crippen LogP contribution in [0.25, 0.3) is 0 Å². The molecular formula is C18H17BrN2O2. The molecule has 2 aromatic rings. The minimum absolute atomic E-state index is 0.0101. The van der Waals surface area contributed by atoms with Crippen molar-refractivity contribution in [2.24, 2.45) is 0 Å². The molecule has 0 bridgehead atoms. The number of halogens is 1. The van der Waals surface area contributed by atoms with Gasteiger partial charge in [0, 0.05) is 27.8 Å². The first kappa shape index (κ1) is 14.9. The summed E-state index contributed by atoms with van der Waals surface area (Å²) >= 11 is 3.55. The molecule has 2 heterocycles. The second-order valence-corrected chi connectivity index (χ2v) is 6.97. The van der Waals surface area contributed by atoms with Crippen LogP contribution >= 0.6 is 15.9 Å². The van der Waals surface area contributed by atoms with Gasteiger partial charge < -0.3 is 10.1 Å². The zero-order valence-corrected chi connectivity index (χ0v) is 14.3. The first-order valence-corrected chi connectivity index (χ1v) is 8.47. The maximum atomic E-state index is 12.3. The van der Waals surface area contributed by atoms with Crippen LogP contribution in [0.15, 0.2) is 53.0 Å². The van der Waals surface area contributed by atoms with Crippen molar-refractivity contribution in [1.29, 1.82) is 0 Å². The third-order valence-corrected chi connectivity index (χ3v) is 4.91. The number of carbonyl (C=O) groups excluding carboxylic acids is 1. The van der Waals surface area contributed by atoms with Crippen molar-refractivity contribution in [2.75, 3.05) is 18.4 Å². The highest BCUT2D eigenvalue weighted by Gasteiger charge is 2.51. The molecule has 2 aliphatic heterocycles. The second kappa shape index (κ2) is 5.44. The lowest BCUT2D eigenvalue weighted by Gasteiger charge is -2.36. The summed E-state index contributed by atoms with van der Waals surface area (Å²) in [5.41, 5.74) is 2.08. The number of carbonyl (C=O) groups is 1. The third-order valence-electron chi connectivity index (χ3n) is 4.41. The van der Waals surface area contributed by atoms with Crippen molar-refractivity contribution >= 4 is 27.5 Å². The third kappa shape index (κ3) is 2.31. The summed E-state index contributed by atoms with van der Waals surface area (Å²) in [6, 6.07) is 16.0. The molecular weight excluding hydrogens is 356 g/mol. The Hall–Kier alpha value is -1.69. The summed E-state index contributed by atoms with van der Waals surface area (Å²) in [6.07, 6.45) is 0.0490. The smallest absolute Gasteiger partial charge is 0.238 e. The molecule has 2 unspecified atom stereocenters. The Morgan fingerprint density at radius 3 is 2.83 bits per heavy atom. The number of anilines is 1. The first-order chi connectivity index (χ1) is 11.1. The van der Waals surface area contributed by atoms with E-state index in [0.717, 1.165) is 21.3 Å². The van der Waals surface area contributed by atoms with Crippen molar-refractivity contribution in [3.8, 4) is 0 Å². The summed E-state index contributed by atoms with van der Waals surface area (Å²) in [5.74, 6) is -0.0101. The van der Waals surface area contributed by atoms with Crippen LogP contribution in [0.2, 0.25) is 0 Å². The fourth-order valence-electron chi connectivity index (χ4n) is 3.59. The van der Waals surface area contributed by atoms with Crippen molar-refractivity contribution < 1.29 is 9.53 Å². The molecule has 2 aromatic carbocycles. The van der Waals surface area contributed by atoms with Crippen LogP contribution in [0.4, 0.5) is 5.69 Å². The van der Waals surface area contributed by atoms with Gasteiger partial charge in [-0.3, -0.25) is 9.69 Å². The quantitative estimate of drug-likeness (QED) is 0.834. The Kier molecular flexibility index (Phi) is 3.52. The summed E-state index contributed by atoms with van der Waals surface area (Å²) in [7, 11) is 0. The highest BCUT2D eigenvalue weighted by atomic mass is 79.9. The summed E-state index contributed by atoms with van der Waals surface area (Å²) in [5, 5.41) is 3.01. The number of hydrogen-bond donors (Lipinski definition) is 1. The topological polar surface area (TPSA) is 41.6 Å². The number of nitrogens with zero attached hydrogens (tertiary/aromatic N) is 1. The van der Waals surface area contributed by atoms with Gasteiger partial charge in [-0.15, -0.1) is 0 Å². The van der Waals surface area contributed by atoms with Crippen molar-refractivity contribution in [1.82, 2.24) is 4.90 Å². The predicted molar refractivity (Wildman–Crippen MR) is 92.1 cm³/mol. The first-order valence-electron chi connectivity index (χ1n) is 7.68. The molecule has 0 aromatic heterocycles. The van der Waals surface area contributed by atoms with E-state index in [9.17, 15) is 4.79 Å².